The molecule has 2 amide bonds. The molecular formula is C27H30N2O4. The number of ether oxygens (including phenoxy) is 3. The second-order valence-corrected chi connectivity index (χ2v) is 7.97. The maximum absolute atomic E-state index is 13.3. The Kier molecular flexibility index (Phi) is 7.03. The van der Waals surface area contributed by atoms with Gasteiger partial charge in [0.15, 0.2) is 11.5 Å². The summed E-state index contributed by atoms with van der Waals surface area (Å²) in [7, 11) is 3.25. The highest BCUT2D eigenvalue weighted by Gasteiger charge is 2.33. The van der Waals surface area contributed by atoms with Crippen molar-refractivity contribution in [1.82, 2.24) is 4.90 Å². The number of hydrogen-bond donors (Lipinski definition) is 1. The summed E-state index contributed by atoms with van der Waals surface area (Å²) in [6.45, 7) is 3.03. The highest BCUT2D eigenvalue weighted by molar-refractivity contribution is 5.89. The van der Waals surface area contributed by atoms with E-state index in [0.717, 1.165) is 35.4 Å². The van der Waals surface area contributed by atoms with Gasteiger partial charge < -0.3 is 24.4 Å². The molecule has 1 unspecified atom stereocenters. The number of nitrogens with one attached hydrogen (secondary N) is 1. The van der Waals surface area contributed by atoms with Gasteiger partial charge in [-0.3, -0.25) is 0 Å². The SMILES string of the molecule is CCc1ccc(OCC2c3cc(OC)c(OC)cc3CCN2C(=O)Nc2ccccc2)cc1. The lowest BCUT2D eigenvalue weighted by Crippen LogP contribution is -2.44. The molecule has 0 spiro atoms. The van der Waals surface area contributed by atoms with E-state index in [-0.39, 0.29) is 12.1 Å². The molecule has 0 bridgehead atoms. The molecule has 0 fully saturated rings. The van der Waals surface area contributed by atoms with Crippen LogP contribution in [0.15, 0.2) is 66.7 Å². The lowest BCUT2D eigenvalue weighted by Gasteiger charge is -2.37. The number of urea groups is 1. The minimum absolute atomic E-state index is 0.156. The van der Waals surface area contributed by atoms with Gasteiger partial charge >= 0.3 is 6.03 Å². The van der Waals surface area contributed by atoms with Crippen molar-refractivity contribution < 1.29 is 19.0 Å². The van der Waals surface area contributed by atoms with E-state index in [1.165, 1.54) is 5.56 Å². The molecule has 172 valence electrons. The van der Waals surface area contributed by atoms with E-state index in [2.05, 4.69) is 24.4 Å². The molecule has 1 aliphatic rings. The molecule has 0 saturated heterocycles. The minimum Gasteiger partial charge on any atom is -0.493 e. The summed E-state index contributed by atoms with van der Waals surface area (Å²) in [4.78, 5) is 15.1. The van der Waals surface area contributed by atoms with Gasteiger partial charge in [0.1, 0.15) is 12.4 Å². The third kappa shape index (κ3) is 5.06. The maximum atomic E-state index is 13.3. The molecule has 1 aliphatic heterocycles. The van der Waals surface area contributed by atoms with Crippen molar-refractivity contribution in [3.05, 3.63) is 83.4 Å². The minimum atomic E-state index is -0.275. The Morgan fingerprint density at radius 1 is 1.00 bits per heavy atom. The number of para-hydroxylation sites is 1. The van der Waals surface area contributed by atoms with Crippen LogP contribution in [-0.2, 0) is 12.8 Å². The van der Waals surface area contributed by atoms with E-state index in [1.54, 1.807) is 14.2 Å². The molecule has 0 aromatic heterocycles. The molecule has 3 aromatic carbocycles. The molecule has 3 aromatic rings. The quantitative estimate of drug-likeness (QED) is 0.522. The predicted molar refractivity (Wildman–Crippen MR) is 129 cm³/mol. The van der Waals surface area contributed by atoms with Crippen molar-refractivity contribution in [2.75, 3.05) is 32.7 Å². The molecule has 4 rings (SSSR count). The van der Waals surface area contributed by atoms with Crippen LogP contribution in [0, 0.1) is 0 Å². The zero-order valence-corrected chi connectivity index (χ0v) is 19.3. The molecule has 1 N–H and O–H groups in total. The summed E-state index contributed by atoms with van der Waals surface area (Å²) >= 11 is 0. The van der Waals surface area contributed by atoms with Crippen molar-refractivity contribution in [1.29, 1.82) is 0 Å². The third-order valence-electron chi connectivity index (χ3n) is 6.03. The monoisotopic (exact) mass is 446 g/mol. The standard InChI is InChI=1S/C27H30N2O4/c1-4-19-10-12-22(13-11-19)33-18-24-23-17-26(32-3)25(31-2)16-20(23)14-15-29(24)27(30)28-21-8-6-5-7-9-21/h5-13,16-17,24H,4,14-15,18H2,1-3H3,(H,28,30). The highest BCUT2D eigenvalue weighted by Crippen LogP contribution is 2.38. The van der Waals surface area contributed by atoms with Gasteiger partial charge in [-0.15, -0.1) is 0 Å². The largest absolute Gasteiger partial charge is 0.493 e. The first-order chi connectivity index (χ1) is 16.1. The number of methoxy groups -OCH3 is 2. The fourth-order valence-electron chi connectivity index (χ4n) is 4.16. The zero-order chi connectivity index (χ0) is 23.2. The number of rotatable bonds is 7. The summed E-state index contributed by atoms with van der Waals surface area (Å²) in [5.74, 6) is 2.11. The predicted octanol–water partition coefficient (Wildman–Crippen LogP) is 5.48. The first kappa shape index (κ1) is 22.5. The first-order valence-electron chi connectivity index (χ1n) is 11.2. The van der Waals surface area contributed by atoms with Crippen LogP contribution in [0.3, 0.4) is 0 Å². The molecule has 0 aliphatic carbocycles. The van der Waals surface area contributed by atoms with Gasteiger partial charge in [-0.05, 0) is 65.9 Å². The number of aryl methyl sites for hydroxylation is 1. The second-order valence-electron chi connectivity index (χ2n) is 7.97. The second kappa shape index (κ2) is 10.3. The van der Waals surface area contributed by atoms with Crippen molar-refractivity contribution in [3.8, 4) is 17.2 Å². The lowest BCUT2D eigenvalue weighted by molar-refractivity contribution is 0.144. The van der Waals surface area contributed by atoms with E-state index in [4.69, 9.17) is 14.2 Å². The molecule has 33 heavy (non-hydrogen) atoms. The Bertz CT molecular complexity index is 1080. The number of anilines is 1. The smallest absolute Gasteiger partial charge is 0.322 e. The van der Waals surface area contributed by atoms with Crippen LogP contribution in [0.2, 0.25) is 0 Å². The fraction of sp³-hybridized carbons (Fsp3) is 0.296. The van der Waals surface area contributed by atoms with E-state index in [1.807, 2.05) is 59.5 Å². The first-order valence-corrected chi connectivity index (χ1v) is 11.2. The Balaban J connectivity index is 1.63. The average molecular weight is 447 g/mol. The van der Waals surface area contributed by atoms with Gasteiger partial charge in [-0.1, -0.05) is 37.3 Å². The Labute approximate surface area is 195 Å². The number of hydrogen-bond acceptors (Lipinski definition) is 4. The van der Waals surface area contributed by atoms with Crippen LogP contribution < -0.4 is 19.5 Å². The fourth-order valence-corrected chi connectivity index (χ4v) is 4.16. The number of carbonyl (C=O) groups excluding carboxylic acids is 1. The molecular weight excluding hydrogens is 416 g/mol. The Morgan fingerprint density at radius 2 is 1.70 bits per heavy atom. The Morgan fingerprint density at radius 3 is 2.36 bits per heavy atom. The summed E-state index contributed by atoms with van der Waals surface area (Å²) in [5, 5.41) is 3.01. The highest BCUT2D eigenvalue weighted by atomic mass is 16.5. The maximum Gasteiger partial charge on any atom is 0.322 e. The van der Waals surface area contributed by atoms with E-state index >= 15 is 0 Å². The number of nitrogens with zero attached hydrogens (tertiary/aromatic N) is 1. The van der Waals surface area contributed by atoms with Crippen molar-refractivity contribution in [2.24, 2.45) is 0 Å². The summed E-state index contributed by atoms with van der Waals surface area (Å²) < 4.78 is 17.2. The molecule has 0 saturated carbocycles. The lowest BCUT2D eigenvalue weighted by atomic mass is 9.92. The summed E-state index contributed by atoms with van der Waals surface area (Å²) in [6, 6.07) is 21.1. The van der Waals surface area contributed by atoms with Crippen LogP contribution >= 0.6 is 0 Å². The molecule has 6 nitrogen and oxygen atoms in total. The van der Waals surface area contributed by atoms with Crippen molar-refractivity contribution >= 4 is 11.7 Å². The van der Waals surface area contributed by atoms with Gasteiger partial charge in [0.05, 0.1) is 20.3 Å². The van der Waals surface area contributed by atoms with E-state index in [0.29, 0.717) is 24.7 Å². The third-order valence-corrected chi connectivity index (χ3v) is 6.03. The van der Waals surface area contributed by atoms with Gasteiger partial charge in [0.2, 0.25) is 0 Å². The van der Waals surface area contributed by atoms with Crippen LogP contribution in [0.4, 0.5) is 10.5 Å². The number of carbonyl (C=O) groups is 1. The van der Waals surface area contributed by atoms with Gasteiger partial charge in [-0.25, -0.2) is 4.79 Å². The van der Waals surface area contributed by atoms with Crippen LogP contribution in [0.25, 0.3) is 0 Å². The summed E-state index contributed by atoms with van der Waals surface area (Å²) in [5.41, 5.74) is 4.15. The van der Waals surface area contributed by atoms with Crippen LogP contribution in [-0.4, -0.2) is 38.3 Å². The van der Waals surface area contributed by atoms with Crippen molar-refractivity contribution in [3.63, 3.8) is 0 Å². The number of amides is 2. The normalized spacial score (nSPS) is 14.9. The van der Waals surface area contributed by atoms with Crippen LogP contribution in [0.1, 0.15) is 29.7 Å². The van der Waals surface area contributed by atoms with E-state index in [9.17, 15) is 4.79 Å². The Hall–Kier alpha value is -3.67. The topological polar surface area (TPSA) is 60.0 Å². The number of fused-ring (bicyclic) bond motifs is 1. The van der Waals surface area contributed by atoms with Gasteiger partial charge in [-0.2, -0.15) is 0 Å². The molecule has 0 radical (unpaired) electrons. The molecule has 1 atom stereocenters. The number of benzene rings is 3. The van der Waals surface area contributed by atoms with Gasteiger partial charge in [0.25, 0.3) is 0 Å². The van der Waals surface area contributed by atoms with E-state index < -0.39 is 0 Å². The van der Waals surface area contributed by atoms with Gasteiger partial charge in [0, 0.05) is 12.2 Å². The molecule has 1 heterocycles. The average Bonchev–Trinajstić information content (AvgIpc) is 2.87. The van der Waals surface area contributed by atoms with Crippen molar-refractivity contribution in [2.45, 2.75) is 25.8 Å². The van der Waals surface area contributed by atoms with Crippen LogP contribution in [0.5, 0.6) is 17.2 Å². The molecule has 6 heteroatoms. The zero-order valence-electron chi connectivity index (χ0n) is 19.3. The summed E-state index contributed by atoms with van der Waals surface area (Å²) in [6.07, 6.45) is 1.70.